The lowest BCUT2D eigenvalue weighted by atomic mass is 9.57. The van der Waals surface area contributed by atoms with Gasteiger partial charge in [0, 0.05) is 17.0 Å². The van der Waals surface area contributed by atoms with Crippen LogP contribution in [-0.4, -0.2) is 6.54 Å². The maximum atomic E-state index is 3.76. The van der Waals surface area contributed by atoms with Gasteiger partial charge in [-0.1, -0.05) is 13.8 Å². The van der Waals surface area contributed by atoms with Crippen LogP contribution in [0.15, 0.2) is 11.4 Å². The van der Waals surface area contributed by atoms with E-state index in [9.17, 15) is 0 Å². The Hall–Kier alpha value is -0.340. The average Bonchev–Trinajstić information content (AvgIpc) is 2.66. The Morgan fingerprint density at radius 2 is 2.36 bits per heavy atom. The number of fused-ring (bicyclic) bond motifs is 2. The van der Waals surface area contributed by atoms with E-state index in [4.69, 9.17) is 0 Å². The molecule has 0 amide bonds. The molecule has 1 aromatic rings. The third kappa shape index (κ3) is 0.934. The van der Waals surface area contributed by atoms with E-state index in [-0.39, 0.29) is 0 Å². The second kappa shape index (κ2) is 2.83. The van der Waals surface area contributed by atoms with Crippen LogP contribution in [0.1, 0.15) is 30.7 Å². The molecule has 1 aliphatic heterocycles. The van der Waals surface area contributed by atoms with Gasteiger partial charge >= 0.3 is 0 Å². The van der Waals surface area contributed by atoms with Crippen molar-refractivity contribution in [3.63, 3.8) is 0 Å². The summed E-state index contributed by atoms with van der Waals surface area (Å²) in [4.78, 5) is 1.63. The van der Waals surface area contributed by atoms with Gasteiger partial charge < -0.3 is 5.32 Å². The monoisotopic (exact) mass is 207 g/mol. The van der Waals surface area contributed by atoms with E-state index in [1.807, 2.05) is 11.3 Å². The molecule has 14 heavy (non-hydrogen) atoms. The quantitative estimate of drug-likeness (QED) is 0.690. The fourth-order valence-electron chi connectivity index (χ4n) is 3.21. The van der Waals surface area contributed by atoms with Crippen molar-refractivity contribution in [1.29, 1.82) is 0 Å². The van der Waals surface area contributed by atoms with Gasteiger partial charge in [0.1, 0.15) is 0 Å². The van der Waals surface area contributed by atoms with E-state index in [1.165, 1.54) is 19.4 Å². The smallest absolute Gasteiger partial charge is 0.0476 e. The van der Waals surface area contributed by atoms with Gasteiger partial charge in [0.05, 0.1) is 0 Å². The molecule has 0 aromatic carbocycles. The molecule has 3 atom stereocenters. The summed E-state index contributed by atoms with van der Waals surface area (Å²) < 4.78 is 0. The molecular formula is C12H17NS. The Morgan fingerprint density at radius 3 is 3.07 bits per heavy atom. The zero-order valence-electron chi connectivity index (χ0n) is 8.84. The summed E-state index contributed by atoms with van der Waals surface area (Å²) in [6.45, 7) is 5.94. The highest BCUT2D eigenvalue weighted by Gasteiger charge is 2.52. The first-order valence-corrected chi connectivity index (χ1v) is 6.44. The third-order valence-corrected chi connectivity index (χ3v) is 5.27. The molecular weight excluding hydrogens is 190 g/mol. The van der Waals surface area contributed by atoms with Crippen LogP contribution in [0.5, 0.6) is 0 Å². The normalized spacial score (nSPS) is 40.7. The number of hydrogen-bond donors (Lipinski definition) is 1. The Bertz CT molecular complexity index is 357. The van der Waals surface area contributed by atoms with E-state index in [0.717, 1.165) is 11.8 Å². The number of rotatable bonds is 0. The standard InChI is InChI=1S/C12H17NS/c1-8-7-12(9(8)2)10-4-6-14-11(10)3-5-13-12/h4,6,8-9,13H,3,5,7H2,1-2H3. The molecule has 1 aromatic heterocycles. The van der Waals surface area contributed by atoms with Crippen molar-refractivity contribution in [2.75, 3.05) is 6.54 Å². The summed E-state index contributed by atoms with van der Waals surface area (Å²) in [7, 11) is 0. The lowest BCUT2D eigenvalue weighted by molar-refractivity contribution is 0.0203. The molecule has 0 bridgehead atoms. The van der Waals surface area contributed by atoms with Crippen molar-refractivity contribution in [2.24, 2.45) is 11.8 Å². The zero-order chi connectivity index (χ0) is 9.76. The van der Waals surface area contributed by atoms with E-state index in [2.05, 4.69) is 30.6 Å². The molecule has 1 N–H and O–H groups in total. The maximum absolute atomic E-state index is 3.76. The molecule has 1 fully saturated rings. The Morgan fingerprint density at radius 1 is 1.50 bits per heavy atom. The van der Waals surface area contributed by atoms with Crippen LogP contribution < -0.4 is 5.32 Å². The minimum Gasteiger partial charge on any atom is -0.307 e. The van der Waals surface area contributed by atoms with Gasteiger partial charge in [0.2, 0.25) is 0 Å². The average molecular weight is 207 g/mol. The topological polar surface area (TPSA) is 12.0 Å². The largest absolute Gasteiger partial charge is 0.307 e. The molecule has 1 aliphatic carbocycles. The van der Waals surface area contributed by atoms with Crippen LogP contribution in [0.2, 0.25) is 0 Å². The number of nitrogens with one attached hydrogen (secondary N) is 1. The van der Waals surface area contributed by atoms with Crippen LogP contribution >= 0.6 is 11.3 Å². The highest BCUT2D eigenvalue weighted by atomic mass is 32.1. The molecule has 2 heteroatoms. The highest BCUT2D eigenvalue weighted by molar-refractivity contribution is 7.10. The highest BCUT2D eigenvalue weighted by Crippen LogP contribution is 2.53. The van der Waals surface area contributed by atoms with Crippen molar-refractivity contribution in [1.82, 2.24) is 5.32 Å². The van der Waals surface area contributed by atoms with Crippen LogP contribution in [0.25, 0.3) is 0 Å². The lowest BCUT2D eigenvalue weighted by Gasteiger charge is -2.55. The Labute approximate surface area is 89.5 Å². The molecule has 2 heterocycles. The van der Waals surface area contributed by atoms with Crippen molar-refractivity contribution < 1.29 is 0 Å². The van der Waals surface area contributed by atoms with Gasteiger partial charge in [-0.05, 0) is 41.7 Å². The van der Waals surface area contributed by atoms with Crippen molar-refractivity contribution in [3.8, 4) is 0 Å². The second-order valence-corrected chi connectivity index (χ2v) is 5.88. The predicted octanol–water partition coefficient (Wildman–Crippen LogP) is 2.77. The molecule has 3 unspecified atom stereocenters. The molecule has 0 saturated heterocycles. The Kier molecular flexibility index (Phi) is 1.80. The van der Waals surface area contributed by atoms with Crippen molar-refractivity contribution in [2.45, 2.75) is 32.2 Å². The lowest BCUT2D eigenvalue weighted by Crippen LogP contribution is -2.60. The van der Waals surface area contributed by atoms with Gasteiger partial charge in [-0.25, -0.2) is 0 Å². The summed E-state index contributed by atoms with van der Waals surface area (Å²) in [6, 6.07) is 2.34. The molecule has 1 spiro atoms. The molecule has 2 aliphatic rings. The molecule has 0 radical (unpaired) electrons. The predicted molar refractivity (Wildman–Crippen MR) is 60.6 cm³/mol. The minimum atomic E-state index is 0.354. The zero-order valence-corrected chi connectivity index (χ0v) is 9.66. The molecule has 76 valence electrons. The van der Waals surface area contributed by atoms with Crippen molar-refractivity contribution >= 4 is 11.3 Å². The maximum Gasteiger partial charge on any atom is 0.0476 e. The summed E-state index contributed by atoms with van der Waals surface area (Å²) >= 11 is 1.94. The van der Waals surface area contributed by atoms with Gasteiger partial charge in [-0.2, -0.15) is 0 Å². The molecule has 1 nitrogen and oxygen atoms in total. The van der Waals surface area contributed by atoms with Gasteiger partial charge in [-0.15, -0.1) is 11.3 Å². The van der Waals surface area contributed by atoms with Crippen LogP contribution in [-0.2, 0) is 12.0 Å². The van der Waals surface area contributed by atoms with E-state index >= 15 is 0 Å². The summed E-state index contributed by atoms with van der Waals surface area (Å²) in [5.74, 6) is 1.68. The minimum absolute atomic E-state index is 0.354. The molecule has 3 rings (SSSR count). The van der Waals surface area contributed by atoms with Crippen molar-refractivity contribution in [3.05, 3.63) is 21.9 Å². The van der Waals surface area contributed by atoms with Crippen LogP contribution in [0.3, 0.4) is 0 Å². The summed E-state index contributed by atoms with van der Waals surface area (Å²) in [5, 5.41) is 6.02. The van der Waals surface area contributed by atoms with Gasteiger partial charge in [0.25, 0.3) is 0 Å². The summed E-state index contributed by atoms with van der Waals surface area (Å²) in [6.07, 6.45) is 2.56. The van der Waals surface area contributed by atoms with Crippen LogP contribution in [0.4, 0.5) is 0 Å². The van der Waals surface area contributed by atoms with Gasteiger partial charge in [-0.3, -0.25) is 0 Å². The van der Waals surface area contributed by atoms with Crippen LogP contribution in [0, 0.1) is 11.8 Å². The molecule has 1 saturated carbocycles. The fraction of sp³-hybridized carbons (Fsp3) is 0.667. The number of hydrogen-bond acceptors (Lipinski definition) is 2. The van der Waals surface area contributed by atoms with Gasteiger partial charge in [0.15, 0.2) is 0 Å². The first kappa shape index (κ1) is 8.93. The number of thiophene rings is 1. The second-order valence-electron chi connectivity index (χ2n) is 4.88. The van der Waals surface area contributed by atoms with E-state index in [1.54, 1.807) is 10.4 Å². The van der Waals surface area contributed by atoms with E-state index < -0.39 is 0 Å². The SMILES string of the molecule is CC1CC2(NCCc3sccc32)C1C. The Balaban J connectivity index is 2.04. The fourth-order valence-corrected chi connectivity index (χ4v) is 4.18. The first-order valence-electron chi connectivity index (χ1n) is 5.56. The first-order chi connectivity index (χ1) is 6.74. The van der Waals surface area contributed by atoms with E-state index in [0.29, 0.717) is 5.54 Å². The summed E-state index contributed by atoms with van der Waals surface area (Å²) in [5.41, 5.74) is 1.96. The third-order valence-electron chi connectivity index (χ3n) is 4.29.